The van der Waals surface area contributed by atoms with E-state index in [0.29, 0.717) is 38.5 Å². The molecule has 0 aliphatic rings. The Morgan fingerprint density at radius 2 is 0.528 bits per heavy atom. The zero-order chi connectivity index (χ0) is 77.4. The molecule has 0 fully saturated rings. The molecule has 19 heteroatoms. The smallest absolute Gasteiger partial charge is 0.462 e. The summed E-state index contributed by atoms with van der Waals surface area (Å²) >= 11 is 0. The molecule has 0 aromatic heterocycles. The van der Waals surface area contributed by atoms with Crippen molar-refractivity contribution in [3.05, 3.63) is 207 Å². The third kappa shape index (κ3) is 75.9. The van der Waals surface area contributed by atoms with E-state index in [0.717, 1.165) is 116 Å². The zero-order valence-electron chi connectivity index (χ0n) is 65.0. The van der Waals surface area contributed by atoms with Crippen molar-refractivity contribution in [3.63, 3.8) is 0 Å². The molecule has 0 amide bonds. The molecule has 596 valence electrons. The fourth-order valence-electron chi connectivity index (χ4n) is 9.46. The molecule has 0 saturated heterocycles. The number of rotatable bonds is 71. The molecule has 0 radical (unpaired) electrons. The van der Waals surface area contributed by atoms with E-state index in [4.69, 9.17) is 37.0 Å². The molecule has 0 aromatic rings. The Morgan fingerprint density at radius 3 is 0.840 bits per heavy atom. The van der Waals surface area contributed by atoms with Crippen LogP contribution < -0.4 is 0 Å². The Morgan fingerprint density at radius 1 is 0.283 bits per heavy atom. The van der Waals surface area contributed by atoms with Crippen LogP contribution in [-0.4, -0.2) is 96.7 Å². The average molecular weight is 1520 g/mol. The lowest BCUT2D eigenvalue weighted by Gasteiger charge is -2.21. The molecule has 3 N–H and O–H groups in total. The third-order valence-corrected chi connectivity index (χ3v) is 17.2. The SMILES string of the molecule is CC/C=C\C/C=C\C/C=C\C/C=C\C/C=C\C/C=C\CCC(=O)OCC(COP(=O)(O)OCC(O)COP(=O)(O)OCC(COC(=O)C/C=C\C/C=C\C/C=C\C/C=C\C/C=C\CC)OC(=O)CCCCCCCCCCCCCCC)OC(=O)CC/C=C\C/C=C\C/C=C\C/C=C\C/C=C\C/C=C\CC. The quantitative estimate of drug-likeness (QED) is 0.0169. The van der Waals surface area contributed by atoms with Gasteiger partial charge in [0.25, 0.3) is 0 Å². The van der Waals surface area contributed by atoms with Crippen molar-refractivity contribution >= 4 is 39.5 Å². The Labute approximate surface area is 639 Å². The van der Waals surface area contributed by atoms with Crippen LogP contribution in [0.15, 0.2) is 207 Å². The van der Waals surface area contributed by atoms with E-state index in [9.17, 15) is 43.2 Å². The number of carbonyl (C=O) groups is 4. The van der Waals surface area contributed by atoms with Gasteiger partial charge in [-0.2, -0.15) is 0 Å². The highest BCUT2D eigenvalue weighted by atomic mass is 31.2. The molecule has 17 nitrogen and oxygen atoms in total. The summed E-state index contributed by atoms with van der Waals surface area (Å²) in [5, 5.41) is 10.6. The van der Waals surface area contributed by atoms with Gasteiger partial charge in [-0.25, -0.2) is 9.13 Å². The lowest BCUT2D eigenvalue weighted by atomic mass is 10.0. The predicted octanol–water partition coefficient (Wildman–Crippen LogP) is 23.1. The molecule has 0 aliphatic carbocycles. The van der Waals surface area contributed by atoms with Crippen molar-refractivity contribution in [2.24, 2.45) is 0 Å². The number of hydrogen-bond acceptors (Lipinski definition) is 15. The van der Waals surface area contributed by atoms with E-state index in [1.807, 2.05) is 54.7 Å². The second-order valence-electron chi connectivity index (χ2n) is 25.2. The molecule has 0 spiro atoms. The van der Waals surface area contributed by atoms with Crippen molar-refractivity contribution in [2.75, 3.05) is 39.6 Å². The molecule has 0 aromatic carbocycles. The maximum absolute atomic E-state index is 13.1. The number of carbonyl (C=O) groups excluding carboxylic acids is 4. The second kappa shape index (κ2) is 76.8. The topological polar surface area (TPSA) is 237 Å². The molecular weight excluding hydrogens is 1380 g/mol. The van der Waals surface area contributed by atoms with Crippen LogP contribution in [0, 0.1) is 0 Å². The van der Waals surface area contributed by atoms with Crippen LogP contribution in [0.1, 0.15) is 259 Å². The highest BCUT2D eigenvalue weighted by Gasteiger charge is 2.30. The van der Waals surface area contributed by atoms with Gasteiger partial charge in [-0.3, -0.25) is 37.3 Å². The standard InChI is InChI=1S/C87H136O17P2/c1-5-9-13-17-21-25-29-33-36-38-40-42-45-49-52-56-60-64-68-72-85(90)98-78-83(104-87(92)74-70-66-62-58-54-50-46-43-41-39-37-34-30-26-22-18-14-10-6-2)80-102-106(95,96)100-76-81(88)75-99-105(93,94)101-79-82(103-86(91)73-69-65-61-57-53-47-32-28-24-20-16-12-8-4)77-97-84(89)71-67-63-59-55-51-48-44-35-31-27-23-19-15-11-7-3/h9-11,13-15,21-23,25-27,33-37,40-44,49-52,54-55,60,62-64,66-67,81-83,88H,5-8,12,16-20,24,28-32,38-39,45-48,53,56-59,61,65,68-80H2,1-4H3,(H,93,94)(H,95,96)/b13-9-,14-10-,15-11-,25-21-,26-22-,27-23-,36-33-,37-34-,42-40-,43-41-,44-35-,52-49-,54-50-,55-51-,64-60-,66-62-,67-63-. The minimum Gasteiger partial charge on any atom is -0.462 e. The predicted molar refractivity (Wildman–Crippen MR) is 435 cm³/mol. The fourth-order valence-corrected chi connectivity index (χ4v) is 11.0. The maximum Gasteiger partial charge on any atom is 0.472 e. The highest BCUT2D eigenvalue weighted by Crippen LogP contribution is 2.45. The monoisotopic (exact) mass is 1510 g/mol. The van der Waals surface area contributed by atoms with Gasteiger partial charge in [-0.1, -0.05) is 311 Å². The number of unbranched alkanes of at least 4 members (excludes halogenated alkanes) is 12. The Hall–Kier alpha value is -6.36. The number of aliphatic hydroxyl groups excluding tert-OH is 1. The van der Waals surface area contributed by atoms with Gasteiger partial charge in [0.2, 0.25) is 0 Å². The minimum absolute atomic E-state index is 0.00967. The van der Waals surface area contributed by atoms with E-state index < -0.39 is 97.5 Å². The van der Waals surface area contributed by atoms with E-state index >= 15 is 0 Å². The van der Waals surface area contributed by atoms with Crippen molar-refractivity contribution in [1.82, 2.24) is 0 Å². The summed E-state index contributed by atoms with van der Waals surface area (Å²) in [6, 6.07) is 0. The number of aliphatic hydroxyl groups is 1. The Bertz CT molecular complexity index is 2830. The van der Waals surface area contributed by atoms with Crippen LogP contribution >= 0.6 is 15.6 Å². The van der Waals surface area contributed by atoms with Crippen LogP contribution in [0.5, 0.6) is 0 Å². The first-order valence-corrected chi connectivity index (χ1v) is 42.3. The van der Waals surface area contributed by atoms with Gasteiger partial charge in [-0.15, -0.1) is 0 Å². The number of phosphoric acid groups is 2. The van der Waals surface area contributed by atoms with Gasteiger partial charge in [0.15, 0.2) is 12.2 Å². The van der Waals surface area contributed by atoms with Gasteiger partial charge in [0.1, 0.15) is 19.3 Å². The van der Waals surface area contributed by atoms with Gasteiger partial charge in [0, 0.05) is 19.3 Å². The van der Waals surface area contributed by atoms with Crippen molar-refractivity contribution in [1.29, 1.82) is 0 Å². The Kier molecular flexibility index (Phi) is 72.2. The molecule has 5 atom stereocenters. The van der Waals surface area contributed by atoms with Crippen molar-refractivity contribution < 1.29 is 80.2 Å². The fraction of sp³-hybridized carbons (Fsp3) is 0.563. The van der Waals surface area contributed by atoms with Gasteiger partial charge < -0.3 is 33.8 Å². The van der Waals surface area contributed by atoms with E-state index in [1.54, 1.807) is 6.08 Å². The largest absolute Gasteiger partial charge is 0.472 e. The maximum atomic E-state index is 13.1. The molecule has 0 rings (SSSR count). The second-order valence-corrected chi connectivity index (χ2v) is 28.1. The first kappa shape index (κ1) is 99.6. The minimum atomic E-state index is -5.03. The number of esters is 4. The normalized spacial score (nSPS) is 15.0. The number of phosphoric ester groups is 2. The molecule has 0 aliphatic heterocycles. The average Bonchev–Trinajstić information content (AvgIpc) is 0.903. The summed E-state index contributed by atoms with van der Waals surface area (Å²) < 4.78 is 68.3. The van der Waals surface area contributed by atoms with Crippen LogP contribution in [0.25, 0.3) is 0 Å². The van der Waals surface area contributed by atoms with Crippen LogP contribution in [0.4, 0.5) is 0 Å². The number of allylic oxidation sites excluding steroid dienone is 33. The van der Waals surface area contributed by atoms with Crippen LogP contribution in [0.3, 0.4) is 0 Å². The summed E-state index contributed by atoms with van der Waals surface area (Å²) in [5.74, 6) is -2.54. The molecule has 0 saturated carbocycles. The number of hydrogen-bond donors (Lipinski definition) is 3. The first-order valence-electron chi connectivity index (χ1n) is 39.3. The van der Waals surface area contributed by atoms with Crippen molar-refractivity contribution in [2.45, 2.75) is 277 Å². The summed E-state index contributed by atoms with van der Waals surface area (Å²) in [5.41, 5.74) is 0. The molecule has 0 bridgehead atoms. The first-order chi connectivity index (χ1) is 51.7. The molecular formula is C87H136O17P2. The van der Waals surface area contributed by atoms with Crippen LogP contribution in [-0.2, 0) is 65.4 Å². The lowest BCUT2D eigenvalue weighted by Crippen LogP contribution is -2.30. The lowest BCUT2D eigenvalue weighted by molar-refractivity contribution is -0.161. The van der Waals surface area contributed by atoms with Crippen molar-refractivity contribution in [3.8, 4) is 0 Å². The molecule has 106 heavy (non-hydrogen) atoms. The van der Waals surface area contributed by atoms with Gasteiger partial charge in [-0.05, 0) is 128 Å². The zero-order valence-corrected chi connectivity index (χ0v) is 66.8. The summed E-state index contributed by atoms with van der Waals surface area (Å²) in [7, 11) is -10.0. The van der Waals surface area contributed by atoms with E-state index in [2.05, 4.69) is 174 Å². The summed E-state index contributed by atoms with van der Waals surface area (Å²) in [6.07, 6.45) is 95.9. The summed E-state index contributed by atoms with van der Waals surface area (Å²) in [4.78, 5) is 72.9. The molecule has 0 heterocycles. The Balaban J connectivity index is 5.59. The van der Waals surface area contributed by atoms with E-state index in [1.165, 1.54) is 51.4 Å². The molecule has 5 unspecified atom stereocenters. The third-order valence-electron chi connectivity index (χ3n) is 15.3. The number of ether oxygens (including phenoxy) is 4. The van der Waals surface area contributed by atoms with E-state index in [-0.39, 0.29) is 25.7 Å². The highest BCUT2D eigenvalue weighted by molar-refractivity contribution is 7.47. The van der Waals surface area contributed by atoms with Gasteiger partial charge >= 0.3 is 39.5 Å². The van der Waals surface area contributed by atoms with Crippen LogP contribution in [0.2, 0.25) is 0 Å². The van der Waals surface area contributed by atoms with Gasteiger partial charge in [0.05, 0.1) is 32.8 Å². The summed E-state index contributed by atoms with van der Waals surface area (Å²) in [6.45, 7) is 4.21.